The first kappa shape index (κ1) is 10.2. The van der Waals surface area contributed by atoms with Gasteiger partial charge in [0.1, 0.15) is 0 Å². The van der Waals surface area contributed by atoms with Crippen LogP contribution in [-0.4, -0.2) is 40.2 Å². The molecule has 5 nitrogen and oxygen atoms in total. The molecule has 5 heteroatoms. The van der Waals surface area contributed by atoms with Crippen molar-refractivity contribution in [2.45, 2.75) is 13.0 Å². The fourth-order valence-electron chi connectivity index (χ4n) is 1.88. The van der Waals surface area contributed by atoms with Gasteiger partial charge in [0.2, 0.25) is 5.91 Å². The Morgan fingerprint density at radius 2 is 2.40 bits per heavy atom. The molecule has 2 heterocycles. The Morgan fingerprint density at radius 3 is 3.00 bits per heavy atom. The number of carbonyl (C=O) groups excluding carboxylic acids is 1. The molecular formula is C10H16N4O. The molecule has 82 valence electrons. The third-order valence-corrected chi connectivity index (χ3v) is 2.79. The zero-order valence-electron chi connectivity index (χ0n) is 8.67. The van der Waals surface area contributed by atoms with Crippen molar-refractivity contribution in [3.8, 4) is 0 Å². The van der Waals surface area contributed by atoms with Crippen molar-refractivity contribution in [2.24, 2.45) is 11.7 Å². The molecule has 1 saturated heterocycles. The number of aromatic nitrogens is 2. The van der Waals surface area contributed by atoms with Gasteiger partial charge in [-0.2, -0.15) is 5.10 Å². The van der Waals surface area contributed by atoms with Gasteiger partial charge in [-0.05, 0) is 18.5 Å². The van der Waals surface area contributed by atoms with Crippen LogP contribution >= 0.6 is 0 Å². The minimum atomic E-state index is 0.220. The normalized spacial score (nSPS) is 21.3. The summed E-state index contributed by atoms with van der Waals surface area (Å²) in [7, 11) is 0. The van der Waals surface area contributed by atoms with Gasteiger partial charge in [0.15, 0.2) is 0 Å². The van der Waals surface area contributed by atoms with E-state index in [4.69, 9.17) is 5.73 Å². The van der Waals surface area contributed by atoms with Gasteiger partial charge in [-0.3, -0.25) is 9.48 Å². The van der Waals surface area contributed by atoms with Crippen molar-refractivity contribution in [2.75, 3.05) is 19.6 Å². The molecule has 2 N–H and O–H groups in total. The second-order valence-electron chi connectivity index (χ2n) is 3.91. The summed E-state index contributed by atoms with van der Waals surface area (Å²) in [6.07, 6.45) is 4.26. The standard InChI is InChI=1S/C10H16N4O/c11-7-9-6-10(15)13(8-9)4-5-14-3-1-2-12-14/h1-3,9H,4-8,11H2. The van der Waals surface area contributed by atoms with Crippen molar-refractivity contribution in [1.29, 1.82) is 0 Å². The van der Waals surface area contributed by atoms with Gasteiger partial charge < -0.3 is 10.6 Å². The minimum absolute atomic E-state index is 0.220. The molecule has 1 aromatic rings. The van der Waals surface area contributed by atoms with Crippen LogP contribution in [0.4, 0.5) is 0 Å². The molecule has 1 amide bonds. The quantitative estimate of drug-likeness (QED) is 0.738. The van der Waals surface area contributed by atoms with Gasteiger partial charge in [-0.15, -0.1) is 0 Å². The molecule has 15 heavy (non-hydrogen) atoms. The van der Waals surface area contributed by atoms with E-state index in [2.05, 4.69) is 5.10 Å². The minimum Gasteiger partial charge on any atom is -0.340 e. The van der Waals surface area contributed by atoms with E-state index in [9.17, 15) is 4.79 Å². The van der Waals surface area contributed by atoms with E-state index in [1.165, 1.54) is 0 Å². The molecule has 0 bridgehead atoms. The molecule has 0 radical (unpaired) electrons. The predicted molar refractivity (Wildman–Crippen MR) is 56.0 cm³/mol. The molecule has 1 unspecified atom stereocenters. The van der Waals surface area contributed by atoms with Gasteiger partial charge >= 0.3 is 0 Å². The summed E-state index contributed by atoms with van der Waals surface area (Å²) in [4.78, 5) is 13.4. The second kappa shape index (κ2) is 4.44. The maximum atomic E-state index is 11.5. The first-order valence-corrected chi connectivity index (χ1v) is 5.25. The van der Waals surface area contributed by atoms with Crippen LogP contribution in [0.15, 0.2) is 18.5 Å². The van der Waals surface area contributed by atoms with Gasteiger partial charge in [-0.25, -0.2) is 0 Å². The van der Waals surface area contributed by atoms with Crippen molar-refractivity contribution in [3.05, 3.63) is 18.5 Å². The Bertz CT molecular complexity index is 322. The number of carbonyl (C=O) groups is 1. The van der Waals surface area contributed by atoms with Crippen LogP contribution < -0.4 is 5.73 Å². The van der Waals surface area contributed by atoms with Crippen LogP contribution in [0.3, 0.4) is 0 Å². The van der Waals surface area contributed by atoms with Gasteiger partial charge in [0.25, 0.3) is 0 Å². The highest BCUT2D eigenvalue weighted by molar-refractivity contribution is 5.78. The summed E-state index contributed by atoms with van der Waals surface area (Å²) in [6, 6.07) is 1.88. The summed E-state index contributed by atoms with van der Waals surface area (Å²) in [5.74, 6) is 0.563. The Kier molecular flexibility index (Phi) is 3.01. The molecule has 1 fully saturated rings. The molecule has 0 aromatic carbocycles. The first-order valence-electron chi connectivity index (χ1n) is 5.25. The Labute approximate surface area is 88.8 Å². The fourth-order valence-corrected chi connectivity index (χ4v) is 1.88. The summed E-state index contributed by atoms with van der Waals surface area (Å²) >= 11 is 0. The second-order valence-corrected chi connectivity index (χ2v) is 3.91. The molecular weight excluding hydrogens is 192 g/mol. The SMILES string of the molecule is NCC1CC(=O)N(CCn2cccn2)C1. The number of rotatable bonds is 4. The van der Waals surface area contributed by atoms with Crippen LogP contribution in [0.1, 0.15) is 6.42 Å². The number of hydrogen-bond donors (Lipinski definition) is 1. The lowest BCUT2D eigenvalue weighted by atomic mass is 10.1. The highest BCUT2D eigenvalue weighted by atomic mass is 16.2. The molecule has 0 saturated carbocycles. The Balaban J connectivity index is 1.83. The topological polar surface area (TPSA) is 64.2 Å². The number of likely N-dealkylation sites (tertiary alicyclic amines) is 1. The summed E-state index contributed by atoms with van der Waals surface area (Å²) in [6.45, 7) is 2.90. The number of nitrogens with zero attached hydrogens (tertiary/aromatic N) is 3. The summed E-state index contributed by atoms with van der Waals surface area (Å²) < 4.78 is 1.84. The fraction of sp³-hybridized carbons (Fsp3) is 0.600. The van der Waals surface area contributed by atoms with Crippen molar-refractivity contribution < 1.29 is 4.79 Å². The first-order chi connectivity index (χ1) is 7.29. The van der Waals surface area contributed by atoms with E-state index in [1.54, 1.807) is 6.20 Å². The van der Waals surface area contributed by atoms with Crippen LogP contribution in [-0.2, 0) is 11.3 Å². The number of hydrogen-bond acceptors (Lipinski definition) is 3. The lowest BCUT2D eigenvalue weighted by molar-refractivity contribution is -0.127. The van der Waals surface area contributed by atoms with Crippen LogP contribution in [0, 0.1) is 5.92 Å². The molecule has 1 atom stereocenters. The third kappa shape index (κ3) is 2.36. The molecule has 2 rings (SSSR count). The Morgan fingerprint density at radius 1 is 1.53 bits per heavy atom. The monoisotopic (exact) mass is 208 g/mol. The number of nitrogens with two attached hydrogens (primary N) is 1. The van der Waals surface area contributed by atoms with Gasteiger partial charge in [-0.1, -0.05) is 0 Å². The van der Waals surface area contributed by atoms with Crippen LogP contribution in [0.5, 0.6) is 0 Å². The summed E-state index contributed by atoms with van der Waals surface area (Å²) in [5, 5.41) is 4.10. The van der Waals surface area contributed by atoms with E-state index in [0.29, 0.717) is 18.9 Å². The van der Waals surface area contributed by atoms with Crippen molar-refractivity contribution in [3.63, 3.8) is 0 Å². The smallest absolute Gasteiger partial charge is 0.223 e. The molecule has 1 aliphatic heterocycles. The maximum absolute atomic E-state index is 11.5. The largest absolute Gasteiger partial charge is 0.340 e. The molecule has 1 aliphatic rings. The van der Waals surface area contributed by atoms with Crippen LogP contribution in [0.25, 0.3) is 0 Å². The molecule has 1 aromatic heterocycles. The Hall–Kier alpha value is -1.36. The highest BCUT2D eigenvalue weighted by Gasteiger charge is 2.27. The highest BCUT2D eigenvalue weighted by Crippen LogP contribution is 2.15. The van der Waals surface area contributed by atoms with E-state index in [-0.39, 0.29) is 5.91 Å². The van der Waals surface area contributed by atoms with E-state index in [0.717, 1.165) is 19.6 Å². The molecule has 0 aliphatic carbocycles. The third-order valence-electron chi connectivity index (χ3n) is 2.79. The van der Waals surface area contributed by atoms with Crippen molar-refractivity contribution >= 4 is 5.91 Å². The molecule has 0 spiro atoms. The number of amides is 1. The predicted octanol–water partition coefficient (Wildman–Crippen LogP) is -0.310. The van der Waals surface area contributed by atoms with Crippen LogP contribution in [0.2, 0.25) is 0 Å². The lowest BCUT2D eigenvalue weighted by Crippen LogP contribution is -2.29. The average molecular weight is 208 g/mol. The van der Waals surface area contributed by atoms with E-state index >= 15 is 0 Å². The van der Waals surface area contributed by atoms with Gasteiger partial charge in [0.05, 0.1) is 6.54 Å². The maximum Gasteiger partial charge on any atom is 0.223 e. The van der Waals surface area contributed by atoms with Crippen molar-refractivity contribution in [1.82, 2.24) is 14.7 Å². The zero-order chi connectivity index (χ0) is 10.7. The lowest BCUT2D eigenvalue weighted by Gasteiger charge is -2.16. The van der Waals surface area contributed by atoms with E-state index < -0.39 is 0 Å². The van der Waals surface area contributed by atoms with E-state index in [1.807, 2.05) is 21.8 Å². The summed E-state index contributed by atoms with van der Waals surface area (Å²) in [5.41, 5.74) is 5.55. The zero-order valence-corrected chi connectivity index (χ0v) is 8.67. The average Bonchev–Trinajstić information content (AvgIpc) is 2.84. The van der Waals surface area contributed by atoms with Gasteiger partial charge in [0, 0.05) is 31.9 Å².